The fourth-order valence-corrected chi connectivity index (χ4v) is 3.92. The molecule has 0 saturated carbocycles. The Morgan fingerprint density at radius 2 is 1.96 bits per heavy atom. The summed E-state index contributed by atoms with van der Waals surface area (Å²) in [6.07, 6.45) is 4.15. The Morgan fingerprint density at radius 3 is 2.75 bits per heavy atom. The molecule has 5 nitrogen and oxygen atoms in total. The number of hydrogen-bond acceptors (Lipinski definition) is 3. The third-order valence-corrected chi connectivity index (χ3v) is 5.33. The lowest BCUT2D eigenvalue weighted by molar-refractivity contribution is 0.580. The van der Waals surface area contributed by atoms with E-state index in [1.165, 1.54) is 0 Å². The van der Waals surface area contributed by atoms with Gasteiger partial charge in [0.2, 0.25) is 10.0 Å². The number of imidazole rings is 1. The first kappa shape index (κ1) is 17.0. The number of aromatic nitrogens is 2. The van der Waals surface area contributed by atoms with Crippen LogP contribution in [0.1, 0.15) is 16.8 Å². The van der Waals surface area contributed by atoms with E-state index < -0.39 is 10.0 Å². The van der Waals surface area contributed by atoms with Gasteiger partial charge in [0.15, 0.2) is 0 Å². The molecule has 0 atom stereocenters. The summed E-state index contributed by atoms with van der Waals surface area (Å²) in [6, 6.07) is 11.1. The average Bonchev–Trinajstić information content (AvgIpc) is 2.91. The van der Waals surface area contributed by atoms with Crippen molar-refractivity contribution in [3.63, 3.8) is 0 Å². The first-order valence-electron chi connectivity index (χ1n) is 7.58. The topological polar surface area (TPSA) is 63.5 Å². The van der Waals surface area contributed by atoms with E-state index in [1.807, 2.05) is 47.9 Å². The number of nitrogens with zero attached hydrogens (tertiary/aromatic N) is 2. The highest BCUT2D eigenvalue weighted by atomic mass is 35.5. The van der Waals surface area contributed by atoms with E-state index in [0.29, 0.717) is 18.0 Å². The molecule has 3 aromatic rings. The largest absolute Gasteiger partial charge is 0.305 e. The number of aryl methyl sites for hydroxylation is 1. The lowest BCUT2D eigenvalue weighted by Crippen LogP contribution is -2.27. The summed E-state index contributed by atoms with van der Waals surface area (Å²) in [5.41, 5.74) is 3.39. The molecule has 0 saturated heterocycles. The van der Waals surface area contributed by atoms with E-state index in [9.17, 15) is 8.42 Å². The molecule has 0 fully saturated rings. The highest BCUT2D eigenvalue weighted by Crippen LogP contribution is 2.13. The van der Waals surface area contributed by atoms with Gasteiger partial charge in [-0.05, 0) is 30.2 Å². The summed E-state index contributed by atoms with van der Waals surface area (Å²) in [4.78, 5) is 4.44. The maximum Gasteiger partial charge on any atom is 0.215 e. The highest BCUT2D eigenvalue weighted by molar-refractivity contribution is 7.88. The Bertz CT molecular complexity index is 967. The summed E-state index contributed by atoms with van der Waals surface area (Å²) in [5, 5.41) is 0.630. The molecule has 0 aliphatic carbocycles. The molecular formula is C17H18ClN3O2S. The van der Waals surface area contributed by atoms with Crippen molar-refractivity contribution in [1.82, 2.24) is 14.1 Å². The molecule has 0 bridgehead atoms. The number of nitrogens with one attached hydrogen (secondary N) is 1. The molecule has 126 valence electrons. The first-order valence-corrected chi connectivity index (χ1v) is 9.61. The molecule has 2 aromatic heterocycles. The third-order valence-electron chi connectivity index (χ3n) is 3.77. The van der Waals surface area contributed by atoms with Crippen LogP contribution in [0.15, 0.2) is 48.8 Å². The highest BCUT2D eigenvalue weighted by Gasteiger charge is 2.13. The quantitative estimate of drug-likeness (QED) is 0.732. The average molecular weight is 364 g/mol. The predicted molar refractivity (Wildman–Crippen MR) is 95.7 cm³/mol. The fourth-order valence-electron chi connectivity index (χ4n) is 2.50. The zero-order valence-corrected chi connectivity index (χ0v) is 14.8. The van der Waals surface area contributed by atoms with Gasteiger partial charge in [0.05, 0.1) is 16.5 Å². The first-order chi connectivity index (χ1) is 11.4. The van der Waals surface area contributed by atoms with Crippen LogP contribution in [0.2, 0.25) is 5.02 Å². The van der Waals surface area contributed by atoms with Crippen LogP contribution in [0.25, 0.3) is 5.65 Å². The van der Waals surface area contributed by atoms with E-state index in [-0.39, 0.29) is 5.75 Å². The zero-order valence-electron chi connectivity index (χ0n) is 13.2. The van der Waals surface area contributed by atoms with Crippen molar-refractivity contribution in [2.75, 3.05) is 6.54 Å². The van der Waals surface area contributed by atoms with Crippen LogP contribution >= 0.6 is 11.6 Å². The van der Waals surface area contributed by atoms with Gasteiger partial charge in [-0.3, -0.25) is 0 Å². The lowest BCUT2D eigenvalue weighted by atomic mass is 10.1. The van der Waals surface area contributed by atoms with Gasteiger partial charge < -0.3 is 4.40 Å². The standard InChI is InChI=1S/C17H18ClN3O2S/c1-13-4-2-3-5-14(13)12-24(22,23)19-9-8-16-11-21-10-15(18)6-7-17(21)20-16/h2-7,10-11,19H,8-9,12H2,1H3. The molecule has 2 heterocycles. The van der Waals surface area contributed by atoms with E-state index in [0.717, 1.165) is 22.5 Å². The molecule has 0 radical (unpaired) electrons. The van der Waals surface area contributed by atoms with E-state index in [2.05, 4.69) is 9.71 Å². The SMILES string of the molecule is Cc1ccccc1CS(=O)(=O)NCCc1cn2cc(Cl)ccc2n1. The van der Waals surface area contributed by atoms with Gasteiger partial charge in [0.25, 0.3) is 0 Å². The molecule has 0 amide bonds. The number of benzene rings is 1. The van der Waals surface area contributed by atoms with Crippen LogP contribution in [0.5, 0.6) is 0 Å². The minimum Gasteiger partial charge on any atom is -0.305 e. The predicted octanol–water partition coefficient (Wildman–Crippen LogP) is 2.96. The Hall–Kier alpha value is -1.89. The number of sulfonamides is 1. The fraction of sp³-hybridized carbons (Fsp3) is 0.235. The Kier molecular flexibility index (Phi) is 4.89. The minimum absolute atomic E-state index is 0.0134. The summed E-state index contributed by atoms with van der Waals surface area (Å²) < 4.78 is 28.9. The van der Waals surface area contributed by atoms with Crippen LogP contribution in [-0.4, -0.2) is 24.3 Å². The van der Waals surface area contributed by atoms with Crippen molar-refractivity contribution < 1.29 is 8.42 Å². The van der Waals surface area contributed by atoms with Crippen molar-refractivity contribution in [1.29, 1.82) is 0 Å². The Labute approximate surface area is 146 Å². The summed E-state index contributed by atoms with van der Waals surface area (Å²) in [5.74, 6) is -0.0134. The van der Waals surface area contributed by atoms with Crippen LogP contribution in [0.4, 0.5) is 0 Å². The molecule has 24 heavy (non-hydrogen) atoms. The third kappa shape index (κ3) is 4.14. The van der Waals surface area contributed by atoms with E-state index in [1.54, 1.807) is 12.3 Å². The van der Waals surface area contributed by atoms with Gasteiger partial charge in [-0.15, -0.1) is 0 Å². The number of hydrogen-bond donors (Lipinski definition) is 1. The van der Waals surface area contributed by atoms with Crippen LogP contribution in [0, 0.1) is 6.92 Å². The molecule has 1 N–H and O–H groups in total. The second-order valence-corrected chi connectivity index (χ2v) is 7.92. The molecule has 3 rings (SSSR count). The zero-order chi connectivity index (χ0) is 17.2. The summed E-state index contributed by atoms with van der Waals surface area (Å²) >= 11 is 5.94. The van der Waals surface area contributed by atoms with Crippen molar-refractivity contribution >= 4 is 27.3 Å². The van der Waals surface area contributed by atoms with Gasteiger partial charge in [0.1, 0.15) is 5.65 Å². The van der Waals surface area contributed by atoms with Crippen molar-refractivity contribution in [3.8, 4) is 0 Å². The van der Waals surface area contributed by atoms with Gasteiger partial charge in [-0.2, -0.15) is 0 Å². The van der Waals surface area contributed by atoms with Gasteiger partial charge >= 0.3 is 0 Å². The number of fused-ring (bicyclic) bond motifs is 1. The molecule has 0 spiro atoms. The van der Waals surface area contributed by atoms with Crippen molar-refractivity contribution in [2.24, 2.45) is 0 Å². The molecular weight excluding hydrogens is 346 g/mol. The van der Waals surface area contributed by atoms with E-state index in [4.69, 9.17) is 11.6 Å². The number of halogens is 1. The monoisotopic (exact) mass is 363 g/mol. The second-order valence-electron chi connectivity index (χ2n) is 5.67. The van der Waals surface area contributed by atoms with Crippen LogP contribution < -0.4 is 4.72 Å². The van der Waals surface area contributed by atoms with Crippen LogP contribution in [0.3, 0.4) is 0 Å². The molecule has 1 aromatic carbocycles. The number of pyridine rings is 1. The molecule has 0 aliphatic heterocycles. The normalized spacial score (nSPS) is 11.9. The molecule has 7 heteroatoms. The van der Waals surface area contributed by atoms with E-state index >= 15 is 0 Å². The van der Waals surface area contributed by atoms with Gasteiger partial charge in [-0.1, -0.05) is 35.9 Å². The summed E-state index contributed by atoms with van der Waals surface area (Å²) in [6.45, 7) is 2.22. The van der Waals surface area contributed by atoms with Crippen LogP contribution in [-0.2, 0) is 22.2 Å². The molecule has 0 aliphatic rings. The Morgan fingerprint density at radius 1 is 1.17 bits per heavy atom. The summed E-state index contributed by atoms with van der Waals surface area (Å²) in [7, 11) is -3.37. The van der Waals surface area contributed by atoms with Gasteiger partial charge in [0, 0.05) is 25.4 Å². The second kappa shape index (κ2) is 6.93. The lowest BCUT2D eigenvalue weighted by Gasteiger charge is -2.08. The minimum atomic E-state index is -3.37. The molecule has 0 unspecified atom stereocenters. The smallest absolute Gasteiger partial charge is 0.215 e. The Balaban J connectivity index is 1.61. The van der Waals surface area contributed by atoms with Crippen molar-refractivity contribution in [2.45, 2.75) is 19.1 Å². The maximum absolute atomic E-state index is 12.2. The van der Waals surface area contributed by atoms with Gasteiger partial charge in [-0.25, -0.2) is 18.1 Å². The number of rotatable bonds is 6. The maximum atomic E-state index is 12.2. The van der Waals surface area contributed by atoms with Crippen molar-refractivity contribution in [3.05, 3.63) is 70.6 Å².